The molecule has 0 aliphatic heterocycles. The van der Waals surface area contributed by atoms with Crippen molar-refractivity contribution in [3.8, 4) is 28.6 Å². The predicted octanol–water partition coefficient (Wildman–Crippen LogP) is 7.47. The number of nitrogens with zero attached hydrogens (tertiary/aromatic N) is 5. The molecule has 0 aliphatic carbocycles. The smallest absolute Gasteiger partial charge is 0.150 e. The molecule has 0 spiro atoms. The first kappa shape index (κ1) is 33.7. The Bertz CT molecular complexity index is 1660. The van der Waals surface area contributed by atoms with Gasteiger partial charge in [-0.3, -0.25) is 0 Å². The lowest BCUT2D eigenvalue weighted by atomic mass is 10.2. The molecule has 47 heavy (non-hydrogen) atoms. The lowest BCUT2D eigenvalue weighted by Crippen LogP contribution is -2.24. The number of aryl methyl sites for hydroxylation is 1. The Kier molecular flexibility index (Phi) is 12.0. The maximum atomic E-state index is 6.51. The van der Waals surface area contributed by atoms with Crippen LogP contribution in [0.1, 0.15) is 19.8 Å². The summed E-state index contributed by atoms with van der Waals surface area (Å²) in [6, 6.07) is 33.1. The van der Waals surface area contributed by atoms with E-state index < -0.39 is 0 Å². The van der Waals surface area contributed by atoms with Gasteiger partial charge >= 0.3 is 0 Å². The van der Waals surface area contributed by atoms with Crippen LogP contribution in [0, 0.1) is 0 Å². The van der Waals surface area contributed by atoms with Crippen LogP contribution in [0.25, 0.3) is 22.4 Å². The second kappa shape index (κ2) is 16.7. The number of imidazole rings is 1. The highest BCUT2D eigenvalue weighted by molar-refractivity contribution is 5.87. The molecule has 0 fully saturated rings. The van der Waals surface area contributed by atoms with E-state index >= 15 is 0 Å². The fourth-order valence-electron chi connectivity index (χ4n) is 5.39. The maximum Gasteiger partial charge on any atom is 0.150 e. The van der Waals surface area contributed by atoms with Crippen molar-refractivity contribution in [2.24, 2.45) is 0 Å². The Morgan fingerprint density at radius 2 is 1.21 bits per heavy atom. The molecule has 0 N–H and O–H groups in total. The van der Waals surface area contributed by atoms with Gasteiger partial charge in [0.1, 0.15) is 42.7 Å². The molecule has 0 saturated carbocycles. The average molecular weight is 636 g/mol. The first-order chi connectivity index (χ1) is 22.9. The number of fused-ring (bicyclic) bond motifs is 1. The van der Waals surface area contributed by atoms with Crippen molar-refractivity contribution in [1.82, 2.24) is 14.5 Å². The van der Waals surface area contributed by atoms with Crippen molar-refractivity contribution in [3.05, 3.63) is 97.1 Å². The zero-order chi connectivity index (χ0) is 33.0. The Morgan fingerprint density at radius 3 is 1.81 bits per heavy atom. The van der Waals surface area contributed by atoms with Gasteiger partial charge in [0.05, 0.1) is 18.6 Å². The summed E-state index contributed by atoms with van der Waals surface area (Å²) >= 11 is 0. The topological polar surface area (TPSA) is 55.2 Å². The molecule has 1 heterocycles. The summed E-state index contributed by atoms with van der Waals surface area (Å²) < 4.78 is 21.2. The summed E-state index contributed by atoms with van der Waals surface area (Å²) in [4.78, 5) is 11.7. The van der Waals surface area contributed by atoms with Crippen molar-refractivity contribution in [3.63, 3.8) is 0 Å². The molecular weight excluding hydrogens is 586 g/mol. The fraction of sp³-hybridized carbons (Fsp3) is 0.359. The minimum Gasteiger partial charge on any atom is -0.492 e. The van der Waals surface area contributed by atoms with Gasteiger partial charge in [0.25, 0.3) is 0 Å². The largest absolute Gasteiger partial charge is 0.492 e. The molecule has 1 aromatic heterocycles. The molecule has 5 aromatic rings. The van der Waals surface area contributed by atoms with Crippen molar-refractivity contribution in [1.29, 1.82) is 0 Å². The number of benzene rings is 4. The van der Waals surface area contributed by atoms with Crippen LogP contribution in [-0.4, -0.2) is 82.1 Å². The highest BCUT2D eigenvalue weighted by atomic mass is 16.5. The quantitative estimate of drug-likeness (QED) is 0.0990. The molecule has 0 bridgehead atoms. The normalized spacial score (nSPS) is 11.2. The first-order valence-corrected chi connectivity index (χ1v) is 16.6. The molecule has 8 nitrogen and oxygen atoms in total. The molecule has 0 unspecified atom stereocenters. The average Bonchev–Trinajstić information content (AvgIpc) is 3.46. The highest BCUT2D eigenvalue weighted by Gasteiger charge is 2.19. The minimum absolute atomic E-state index is 0.511. The van der Waals surface area contributed by atoms with E-state index in [-0.39, 0.29) is 0 Å². The van der Waals surface area contributed by atoms with E-state index in [9.17, 15) is 0 Å². The minimum atomic E-state index is 0.511. The van der Waals surface area contributed by atoms with Gasteiger partial charge in [-0.05, 0) is 69.0 Å². The fourth-order valence-corrected chi connectivity index (χ4v) is 5.39. The van der Waals surface area contributed by atoms with Crippen LogP contribution < -0.4 is 24.0 Å². The molecule has 8 heteroatoms. The van der Waals surface area contributed by atoms with E-state index in [1.165, 1.54) is 0 Å². The highest BCUT2D eigenvalue weighted by Crippen LogP contribution is 2.35. The molecule has 0 amide bonds. The number of ether oxygens (including phenoxy) is 3. The van der Waals surface area contributed by atoms with Crippen LogP contribution in [0.4, 0.5) is 11.4 Å². The summed E-state index contributed by atoms with van der Waals surface area (Å²) in [5, 5.41) is 0. The van der Waals surface area contributed by atoms with Crippen LogP contribution in [0.2, 0.25) is 0 Å². The van der Waals surface area contributed by atoms with Gasteiger partial charge in [-0.1, -0.05) is 49.7 Å². The molecule has 248 valence electrons. The Balaban J connectivity index is 1.42. The summed E-state index contributed by atoms with van der Waals surface area (Å²) in [6.07, 6.45) is 2.12. The van der Waals surface area contributed by atoms with E-state index in [0.717, 1.165) is 90.1 Å². The van der Waals surface area contributed by atoms with Crippen molar-refractivity contribution < 1.29 is 14.2 Å². The predicted molar refractivity (Wildman–Crippen MR) is 195 cm³/mol. The van der Waals surface area contributed by atoms with Gasteiger partial charge in [0.15, 0.2) is 5.75 Å². The number of para-hydroxylation sites is 2. The summed E-state index contributed by atoms with van der Waals surface area (Å²) in [5.74, 6) is 3.28. The lowest BCUT2D eigenvalue weighted by Gasteiger charge is -2.20. The third kappa shape index (κ3) is 9.20. The molecule has 4 aromatic carbocycles. The first-order valence-electron chi connectivity index (χ1n) is 16.6. The van der Waals surface area contributed by atoms with Crippen molar-refractivity contribution in [2.75, 3.05) is 77.4 Å². The Labute approximate surface area is 280 Å². The molecule has 0 aliphatic rings. The van der Waals surface area contributed by atoms with E-state index in [0.29, 0.717) is 19.8 Å². The number of hydrogen-bond acceptors (Lipinski definition) is 7. The van der Waals surface area contributed by atoms with Crippen LogP contribution >= 0.6 is 0 Å². The molecule has 0 radical (unpaired) electrons. The SMILES string of the molecule is CCCCn1c(-c2ccc(OCCN(C)C)cc2)nc2c(OCCN(C)c3ccccc3)cc(OCCN(C)c3ccccc3)cc21. The van der Waals surface area contributed by atoms with Crippen LogP contribution in [0.5, 0.6) is 17.2 Å². The van der Waals surface area contributed by atoms with E-state index in [4.69, 9.17) is 19.2 Å². The number of anilines is 2. The third-order valence-electron chi connectivity index (χ3n) is 8.22. The van der Waals surface area contributed by atoms with Gasteiger partial charge < -0.3 is 33.5 Å². The number of rotatable bonds is 18. The molecular formula is C39H49N5O3. The zero-order valence-electron chi connectivity index (χ0n) is 28.6. The summed E-state index contributed by atoms with van der Waals surface area (Å²) in [6.45, 7) is 7.11. The maximum absolute atomic E-state index is 6.51. The molecule has 0 atom stereocenters. The van der Waals surface area contributed by atoms with Gasteiger partial charge in [-0.25, -0.2) is 4.98 Å². The second-order valence-corrected chi connectivity index (χ2v) is 12.1. The van der Waals surface area contributed by atoms with Crippen LogP contribution in [-0.2, 0) is 6.54 Å². The zero-order valence-corrected chi connectivity index (χ0v) is 28.6. The second-order valence-electron chi connectivity index (χ2n) is 12.1. The standard InChI is InChI=1S/C39H49N5O3/c1-6-7-22-44-36-29-35(46-27-24-42(4)32-14-10-8-11-15-32)30-37(47-28-25-43(5)33-16-12-9-13-17-33)38(36)40-39(44)31-18-20-34(21-19-31)45-26-23-41(2)3/h8-21,29-30H,6-7,22-28H2,1-5H3. The number of aromatic nitrogens is 2. The van der Waals surface area contributed by atoms with Crippen molar-refractivity contribution >= 4 is 22.4 Å². The van der Waals surface area contributed by atoms with Gasteiger partial charge in [0, 0.05) is 56.3 Å². The van der Waals surface area contributed by atoms with Gasteiger partial charge in [-0.2, -0.15) is 0 Å². The molecule has 5 rings (SSSR count). The third-order valence-corrected chi connectivity index (χ3v) is 8.22. The number of unbranched alkanes of at least 4 members (excludes halogenated alkanes) is 1. The monoisotopic (exact) mass is 635 g/mol. The van der Waals surface area contributed by atoms with Gasteiger partial charge in [-0.15, -0.1) is 0 Å². The van der Waals surface area contributed by atoms with Crippen LogP contribution in [0.15, 0.2) is 97.1 Å². The van der Waals surface area contributed by atoms with Crippen LogP contribution in [0.3, 0.4) is 0 Å². The van der Waals surface area contributed by atoms with Crippen molar-refractivity contribution in [2.45, 2.75) is 26.3 Å². The summed E-state index contributed by atoms with van der Waals surface area (Å²) in [5.41, 5.74) is 5.22. The number of likely N-dealkylation sites (N-methyl/N-ethyl adjacent to an activating group) is 3. The van der Waals surface area contributed by atoms with E-state index in [2.05, 4.69) is 107 Å². The van der Waals surface area contributed by atoms with Gasteiger partial charge in [0.2, 0.25) is 0 Å². The van der Waals surface area contributed by atoms with E-state index in [1.54, 1.807) is 0 Å². The Hall–Kier alpha value is -4.69. The Morgan fingerprint density at radius 1 is 0.638 bits per heavy atom. The number of hydrogen-bond donors (Lipinski definition) is 0. The summed E-state index contributed by atoms with van der Waals surface area (Å²) in [7, 11) is 8.27. The lowest BCUT2D eigenvalue weighted by molar-refractivity contribution is 0.261. The molecule has 0 saturated heterocycles. The van der Waals surface area contributed by atoms with E-state index in [1.807, 2.05) is 44.4 Å².